The van der Waals surface area contributed by atoms with Crippen molar-refractivity contribution in [3.63, 3.8) is 0 Å². The zero-order valence-corrected chi connectivity index (χ0v) is 8.14. The Morgan fingerprint density at radius 1 is 1.62 bits per heavy atom. The predicted molar refractivity (Wildman–Crippen MR) is 53.6 cm³/mol. The van der Waals surface area contributed by atoms with Crippen molar-refractivity contribution in [2.75, 3.05) is 18.5 Å². The van der Waals surface area contributed by atoms with E-state index in [0.717, 1.165) is 12.2 Å². The first-order chi connectivity index (χ1) is 6.25. The van der Waals surface area contributed by atoms with Crippen LogP contribution in [0.15, 0.2) is 18.3 Å². The van der Waals surface area contributed by atoms with Crippen LogP contribution in [0, 0.1) is 0 Å². The number of rotatable bonds is 4. The zero-order valence-electron chi connectivity index (χ0n) is 8.14. The van der Waals surface area contributed by atoms with Crippen molar-refractivity contribution in [2.45, 2.75) is 19.4 Å². The first-order valence-corrected chi connectivity index (χ1v) is 4.46. The molecule has 0 bridgehead atoms. The summed E-state index contributed by atoms with van der Waals surface area (Å²) in [7, 11) is 2.00. The largest absolute Gasteiger partial charge is 0.355 e. The number of aromatic nitrogens is 2. The SMILES string of the molecule is CC(CCN)N(C)c1cccnn1. The van der Waals surface area contributed by atoms with Crippen LogP contribution in [0.25, 0.3) is 0 Å². The molecule has 2 N–H and O–H groups in total. The van der Waals surface area contributed by atoms with Gasteiger partial charge in [0.05, 0.1) is 0 Å². The molecule has 0 radical (unpaired) electrons. The lowest BCUT2D eigenvalue weighted by atomic mass is 10.2. The predicted octanol–water partition coefficient (Wildman–Crippen LogP) is 0.650. The van der Waals surface area contributed by atoms with E-state index in [2.05, 4.69) is 22.0 Å². The van der Waals surface area contributed by atoms with Crippen molar-refractivity contribution in [1.29, 1.82) is 0 Å². The molecule has 4 heteroatoms. The lowest BCUT2D eigenvalue weighted by Crippen LogP contribution is -2.31. The fourth-order valence-corrected chi connectivity index (χ4v) is 1.14. The molecule has 1 rings (SSSR count). The molecule has 0 aliphatic heterocycles. The molecular formula is C9H16N4. The van der Waals surface area contributed by atoms with E-state index in [1.165, 1.54) is 0 Å². The van der Waals surface area contributed by atoms with Gasteiger partial charge in [-0.3, -0.25) is 0 Å². The summed E-state index contributed by atoms with van der Waals surface area (Å²) < 4.78 is 0. The summed E-state index contributed by atoms with van der Waals surface area (Å²) in [5, 5.41) is 7.84. The molecule has 4 nitrogen and oxygen atoms in total. The lowest BCUT2D eigenvalue weighted by Gasteiger charge is -2.24. The van der Waals surface area contributed by atoms with Gasteiger partial charge in [0, 0.05) is 19.3 Å². The van der Waals surface area contributed by atoms with E-state index >= 15 is 0 Å². The number of hydrogen-bond acceptors (Lipinski definition) is 4. The van der Waals surface area contributed by atoms with Crippen molar-refractivity contribution >= 4 is 5.82 Å². The number of nitrogens with zero attached hydrogens (tertiary/aromatic N) is 3. The van der Waals surface area contributed by atoms with Gasteiger partial charge in [0.1, 0.15) is 0 Å². The molecule has 1 atom stereocenters. The summed E-state index contributed by atoms with van der Waals surface area (Å²) in [6.45, 7) is 2.83. The van der Waals surface area contributed by atoms with Crippen LogP contribution in [0.2, 0.25) is 0 Å². The topological polar surface area (TPSA) is 55.0 Å². The molecule has 13 heavy (non-hydrogen) atoms. The van der Waals surface area contributed by atoms with Crippen molar-refractivity contribution in [3.8, 4) is 0 Å². The van der Waals surface area contributed by atoms with Crippen LogP contribution in [0.5, 0.6) is 0 Å². The van der Waals surface area contributed by atoms with E-state index < -0.39 is 0 Å². The Morgan fingerprint density at radius 2 is 2.38 bits per heavy atom. The first kappa shape index (κ1) is 9.92. The molecular weight excluding hydrogens is 164 g/mol. The normalized spacial score (nSPS) is 12.5. The van der Waals surface area contributed by atoms with Gasteiger partial charge in [-0.15, -0.1) is 5.10 Å². The highest BCUT2D eigenvalue weighted by molar-refractivity contribution is 5.36. The van der Waals surface area contributed by atoms with Crippen LogP contribution in [-0.4, -0.2) is 29.8 Å². The van der Waals surface area contributed by atoms with Gasteiger partial charge >= 0.3 is 0 Å². The Bertz CT molecular complexity index is 237. The third kappa shape index (κ3) is 2.66. The Hall–Kier alpha value is -1.16. The minimum atomic E-state index is 0.404. The molecule has 0 aliphatic rings. The maximum absolute atomic E-state index is 5.48. The average Bonchev–Trinajstić information content (AvgIpc) is 2.18. The maximum Gasteiger partial charge on any atom is 0.151 e. The Balaban J connectivity index is 2.62. The van der Waals surface area contributed by atoms with E-state index in [1.807, 2.05) is 19.2 Å². The van der Waals surface area contributed by atoms with Crippen molar-refractivity contribution in [1.82, 2.24) is 10.2 Å². The van der Waals surface area contributed by atoms with Crippen LogP contribution in [-0.2, 0) is 0 Å². The second-order valence-corrected chi connectivity index (χ2v) is 3.12. The quantitative estimate of drug-likeness (QED) is 0.739. The Labute approximate surface area is 78.8 Å². The van der Waals surface area contributed by atoms with Crippen molar-refractivity contribution in [3.05, 3.63) is 18.3 Å². The molecule has 0 spiro atoms. The summed E-state index contributed by atoms with van der Waals surface area (Å²) in [5.41, 5.74) is 5.48. The second kappa shape index (κ2) is 4.77. The minimum absolute atomic E-state index is 0.404. The van der Waals surface area contributed by atoms with Crippen molar-refractivity contribution in [2.24, 2.45) is 5.73 Å². The number of nitrogens with two attached hydrogens (primary N) is 1. The van der Waals surface area contributed by atoms with E-state index in [-0.39, 0.29) is 0 Å². The van der Waals surface area contributed by atoms with E-state index in [9.17, 15) is 0 Å². The van der Waals surface area contributed by atoms with Crippen molar-refractivity contribution < 1.29 is 0 Å². The van der Waals surface area contributed by atoms with E-state index in [1.54, 1.807) is 6.20 Å². The van der Waals surface area contributed by atoms with Crippen LogP contribution in [0.4, 0.5) is 5.82 Å². The van der Waals surface area contributed by atoms with Gasteiger partial charge < -0.3 is 10.6 Å². The molecule has 1 aromatic heterocycles. The molecule has 1 heterocycles. The highest BCUT2D eigenvalue weighted by Crippen LogP contribution is 2.10. The standard InChI is InChI=1S/C9H16N4/c1-8(5-6-10)13(2)9-4-3-7-11-12-9/h3-4,7-8H,5-6,10H2,1-2H3. The monoisotopic (exact) mass is 180 g/mol. The molecule has 1 aromatic rings. The molecule has 0 saturated heterocycles. The van der Waals surface area contributed by atoms with Crippen LogP contribution in [0.3, 0.4) is 0 Å². The van der Waals surface area contributed by atoms with Crippen LogP contribution >= 0.6 is 0 Å². The second-order valence-electron chi connectivity index (χ2n) is 3.12. The van der Waals surface area contributed by atoms with Crippen LogP contribution < -0.4 is 10.6 Å². The summed E-state index contributed by atoms with van der Waals surface area (Å²) in [5.74, 6) is 0.892. The van der Waals surface area contributed by atoms with Gasteiger partial charge in [-0.1, -0.05) is 0 Å². The maximum atomic E-state index is 5.48. The summed E-state index contributed by atoms with van der Waals surface area (Å²) in [6.07, 6.45) is 2.64. The smallest absolute Gasteiger partial charge is 0.151 e. The van der Waals surface area contributed by atoms with Gasteiger partial charge in [0.2, 0.25) is 0 Å². The highest BCUT2D eigenvalue weighted by Gasteiger charge is 2.09. The highest BCUT2D eigenvalue weighted by atomic mass is 15.3. The van der Waals surface area contributed by atoms with Gasteiger partial charge in [-0.25, -0.2) is 0 Å². The average molecular weight is 180 g/mol. The third-order valence-corrected chi connectivity index (χ3v) is 2.17. The molecule has 72 valence electrons. The molecule has 1 unspecified atom stereocenters. The zero-order chi connectivity index (χ0) is 9.68. The first-order valence-electron chi connectivity index (χ1n) is 4.46. The van der Waals surface area contributed by atoms with Gasteiger partial charge in [0.25, 0.3) is 0 Å². The molecule has 0 fully saturated rings. The van der Waals surface area contributed by atoms with E-state index in [0.29, 0.717) is 12.6 Å². The fourth-order valence-electron chi connectivity index (χ4n) is 1.14. The number of hydrogen-bond donors (Lipinski definition) is 1. The van der Waals surface area contributed by atoms with E-state index in [4.69, 9.17) is 5.73 Å². The van der Waals surface area contributed by atoms with Gasteiger partial charge in [0.15, 0.2) is 5.82 Å². The lowest BCUT2D eigenvalue weighted by molar-refractivity contribution is 0.626. The summed E-state index contributed by atoms with van der Waals surface area (Å²) in [4.78, 5) is 2.08. The fraction of sp³-hybridized carbons (Fsp3) is 0.556. The Morgan fingerprint density at radius 3 is 2.92 bits per heavy atom. The molecule has 0 amide bonds. The molecule has 0 aromatic carbocycles. The van der Waals surface area contributed by atoms with Crippen LogP contribution in [0.1, 0.15) is 13.3 Å². The number of anilines is 1. The molecule has 0 aliphatic carbocycles. The minimum Gasteiger partial charge on any atom is -0.355 e. The third-order valence-electron chi connectivity index (χ3n) is 2.17. The summed E-state index contributed by atoms with van der Waals surface area (Å²) in [6, 6.07) is 4.23. The molecule has 0 saturated carbocycles. The van der Waals surface area contributed by atoms with Gasteiger partial charge in [-0.05, 0) is 32.0 Å². The summed E-state index contributed by atoms with van der Waals surface area (Å²) >= 11 is 0. The van der Waals surface area contributed by atoms with Gasteiger partial charge in [-0.2, -0.15) is 5.10 Å². The Kier molecular flexibility index (Phi) is 3.64.